The van der Waals surface area contributed by atoms with Crippen molar-refractivity contribution in [1.29, 1.82) is 0 Å². The van der Waals surface area contributed by atoms with Gasteiger partial charge in [-0.3, -0.25) is 9.79 Å². The second-order valence-corrected chi connectivity index (χ2v) is 5.99. The van der Waals surface area contributed by atoms with Crippen LogP contribution in [-0.2, 0) is 11.2 Å². The highest BCUT2D eigenvalue weighted by Crippen LogP contribution is 2.34. The number of nitrogens with one attached hydrogen (secondary N) is 1. The Morgan fingerprint density at radius 1 is 1.12 bits per heavy atom. The van der Waals surface area contributed by atoms with E-state index in [1.165, 1.54) is 12.1 Å². The lowest BCUT2D eigenvalue weighted by atomic mass is 9.90. The molecule has 1 unspecified atom stereocenters. The largest absolute Gasteiger partial charge is 0.491 e. The Morgan fingerprint density at radius 3 is 2.56 bits per heavy atom. The zero-order valence-electron chi connectivity index (χ0n) is 13.8. The van der Waals surface area contributed by atoms with Crippen molar-refractivity contribution in [3.63, 3.8) is 0 Å². The summed E-state index contributed by atoms with van der Waals surface area (Å²) in [6, 6.07) is 13.1. The van der Waals surface area contributed by atoms with Gasteiger partial charge in [0.2, 0.25) is 0 Å². The first kappa shape index (κ1) is 15.6. The number of halogens is 1. The van der Waals surface area contributed by atoms with Gasteiger partial charge in [-0.25, -0.2) is 4.39 Å². The maximum Gasteiger partial charge on any atom is 0.194 e. The maximum absolute atomic E-state index is 13.1. The van der Waals surface area contributed by atoms with Crippen LogP contribution in [0.2, 0.25) is 0 Å². The minimum Gasteiger partial charge on any atom is -0.491 e. The zero-order valence-corrected chi connectivity index (χ0v) is 13.8. The smallest absolute Gasteiger partial charge is 0.194 e. The molecule has 0 fully saturated rings. The first-order chi connectivity index (χ1) is 12.2. The van der Waals surface area contributed by atoms with Gasteiger partial charge in [0.15, 0.2) is 11.8 Å². The Morgan fingerprint density at radius 2 is 1.84 bits per heavy atom. The number of hydrogen-bond acceptors (Lipinski definition) is 4. The van der Waals surface area contributed by atoms with Gasteiger partial charge in [0.25, 0.3) is 0 Å². The van der Waals surface area contributed by atoms with Gasteiger partial charge >= 0.3 is 0 Å². The molecule has 1 heterocycles. The number of ether oxygens (including phenoxy) is 1. The van der Waals surface area contributed by atoms with Crippen molar-refractivity contribution in [2.24, 2.45) is 4.99 Å². The van der Waals surface area contributed by atoms with Gasteiger partial charge in [0.1, 0.15) is 17.4 Å². The third kappa shape index (κ3) is 2.71. The molecule has 4 rings (SSSR count). The molecule has 4 nitrogen and oxygen atoms in total. The average molecular weight is 336 g/mol. The summed E-state index contributed by atoms with van der Waals surface area (Å²) in [7, 11) is 0. The van der Waals surface area contributed by atoms with Crippen LogP contribution in [-0.4, -0.2) is 24.3 Å². The van der Waals surface area contributed by atoms with Crippen LogP contribution in [0.1, 0.15) is 28.4 Å². The average Bonchev–Trinajstić information content (AvgIpc) is 3.04. The van der Waals surface area contributed by atoms with Gasteiger partial charge in [0.05, 0.1) is 12.3 Å². The number of ketones is 1. The van der Waals surface area contributed by atoms with Crippen LogP contribution >= 0.6 is 0 Å². The van der Waals surface area contributed by atoms with E-state index in [1.807, 2.05) is 25.1 Å². The Kier molecular flexibility index (Phi) is 3.84. The molecule has 0 radical (unpaired) electrons. The number of Topliss-reactive ketones (excluding diaryl/α,β-unsaturated/α-hetero) is 1. The Hall–Kier alpha value is -2.95. The molecule has 2 aromatic carbocycles. The molecule has 0 amide bonds. The maximum atomic E-state index is 13.1. The number of rotatable bonds is 4. The van der Waals surface area contributed by atoms with Crippen molar-refractivity contribution in [2.45, 2.75) is 19.4 Å². The summed E-state index contributed by atoms with van der Waals surface area (Å²) in [6.45, 7) is 2.42. The number of amidine groups is 1. The molecule has 1 atom stereocenters. The van der Waals surface area contributed by atoms with E-state index in [9.17, 15) is 9.18 Å². The first-order valence-electron chi connectivity index (χ1n) is 8.26. The quantitative estimate of drug-likeness (QED) is 0.932. The summed E-state index contributed by atoms with van der Waals surface area (Å²) in [6.07, 6.45) is 0.503. The standard InChI is InChI=1S/C20H17FN2O2/c1-2-25-20-15-6-4-3-5-14(15)19(24)17-18(20)23-16(22-17)11-12-7-9-13(21)10-8-12/h3-10,17H,2,11H2,1H3,(H,22,23). The lowest BCUT2D eigenvalue weighted by Crippen LogP contribution is -2.31. The zero-order chi connectivity index (χ0) is 17.4. The molecule has 1 aliphatic carbocycles. The Labute approximate surface area is 145 Å². The molecule has 126 valence electrons. The Balaban J connectivity index is 1.70. The summed E-state index contributed by atoms with van der Waals surface area (Å²) in [5.74, 6) is 1.06. The van der Waals surface area contributed by atoms with Gasteiger partial charge in [0, 0.05) is 17.5 Å². The highest BCUT2D eigenvalue weighted by molar-refractivity contribution is 6.12. The van der Waals surface area contributed by atoms with E-state index in [0.29, 0.717) is 35.9 Å². The van der Waals surface area contributed by atoms with Crippen LogP contribution in [0.3, 0.4) is 0 Å². The molecule has 5 heteroatoms. The molecule has 0 spiro atoms. The number of carbonyl (C=O) groups is 1. The summed E-state index contributed by atoms with van der Waals surface area (Å²) < 4.78 is 18.9. The van der Waals surface area contributed by atoms with E-state index in [4.69, 9.17) is 4.74 Å². The fraction of sp³-hybridized carbons (Fsp3) is 0.200. The molecule has 25 heavy (non-hydrogen) atoms. The van der Waals surface area contributed by atoms with E-state index in [-0.39, 0.29) is 11.6 Å². The molecule has 0 bridgehead atoms. The van der Waals surface area contributed by atoms with E-state index in [0.717, 1.165) is 11.1 Å². The van der Waals surface area contributed by atoms with Crippen molar-refractivity contribution in [3.8, 4) is 0 Å². The van der Waals surface area contributed by atoms with Crippen molar-refractivity contribution >= 4 is 17.4 Å². The van der Waals surface area contributed by atoms with E-state index in [2.05, 4.69) is 10.3 Å². The van der Waals surface area contributed by atoms with Gasteiger partial charge in [-0.2, -0.15) is 0 Å². The molecular formula is C20H17FN2O2. The molecule has 0 aromatic heterocycles. The van der Waals surface area contributed by atoms with Crippen LogP contribution in [0.15, 0.2) is 59.2 Å². The monoisotopic (exact) mass is 336 g/mol. The lowest BCUT2D eigenvalue weighted by molar-refractivity contribution is 0.0970. The van der Waals surface area contributed by atoms with Crippen LogP contribution in [0.4, 0.5) is 4.39 Å². The molecule has 2 aliphatic rings. The van der Waals surface area contributed by atoms with E-state index < -0.39 is 6.04 Å². The molecule has 2 aromatic rings. The Bertz CT molecular complexity index is 900. The van der Waals surface area contributed by atoms with Crippen molar-refractivity contribution in [1.82, 2.24) is 5.32 Å². The van der Waals surface area contributed by atoms with Gasteiger partial charge in [-0.05, 0) is 24.6 Å². The summed E-state index contributed by atoms with van der Waals surface area (Å²) in [5, 5.41) is 3.25. The fourth-order valence-corrected chi connectivity index (χ4v) is 3.22. The molecule has 0 saturated heterocycles. The number of hydrogen-bond donors (Lipinski definition) is 1. The number of nitrogens with zero attached hydrogens (tertiary/aromatic N) is 1. The number of aliphatic imine (C=N–C) groups is 1. The SMILES string of the molecule is CCOC1=C2NC(Cc3ccc(F)cc3)=NC2C(=O)c2ccccc21. The first-order valence-corrected chi connectivity index (χ1v) is 8.26. The molecule has 1 aliphatic heterocycles. The normalized spacial score (nSPS) is 18.4. The minimum absolute atomic E-state index is 0.0318. The highest BCUT2D eigenvalue weighted by atomic mass is 19.1. The molecule has 0 saturated carbocycles. The van der Waals surface area contributed by atoms with Gasteiger partial charge in [-0.15, -0.1) is 0 Å². The van der Waals surface area contributed by atoms with E-state index in [1.54, 1.807) is 18.2 Å². The van der Waals surface area contributed by atoms with Crippen LogP contribution < -0.4 is 5.32 Å². The molecular weight excluding hydrogens is 319 g/mol. The fourth-order valence-electron chi connectivity index (χ4n) is 3.22. The third-order valence-corrected chi connectivity index (χ3v) is 4.34. The highest BCUT2D eigenvalue weighted by Gasteiger charge is 2.39. The van der Waals surface area contributed by atoms with Gasteiger partial charge < -0.3 is 10.1 Å². The summed E-state index contributed by atoms with van der Waals surface area (Å²) in [5.41, 5.74) is 3.05. The summed E-state index contributed by atoms with van der Waals surface area (Å²) in [4.78, 5) is 17.4. The number of fused-ring (bicyclic) bond motifs is 2. The third-order valence-electron chi connectivity index (χ3n) is 4.34. The topological polar surface area (TPSA) is 50.7 Å². The van der Waals surface area contributed by atoms with Crippen molar-refractivity contribution in [3.05, 3.63) is 76.7 Å². The summed E-state index contributed by atoms with van der Waals surface area (Å²) >= 11 is 0. The minimum atomic E-state index is -0.591. The van der Waals surface area contributed by atoms with Crippen molar-refractivity contribution in [2.75, 3.05) is 6.61 Å². The molecule has 1 N–H and O–H groups in total. The predicted octanol–water partition coefficient (Wildman–Crippen LogP) is 3.34. The number of carbonyl (C=O) groups excluding carboxylic acids is 1. The lowest BCUT2D eigenvalue weighted by Gasteiger charge is -2.23. The predicted molar refractivity (Wildman–Crippen MR) is 93.8 cm³/mol. The van der Waals surface area contributed by atoms with Crippen LogP contribution in [0.25, 0.3) is 5.76 Å². The van der Waals surface area contributed by atoms with Gasteiger partial charge in [-0.1, -0.05) is 36.4 Å². The second kappa shape index (κ2) is 6.16. The van der Waals surface area contributed by atoms with E-state index >= 15 is 0 Å². The second-order valence-electron chi connectivity index (χ2n) is 5.99. The van der Waals surface area contributed by atoms with Crippen molar-refractivity contribution < 1.29 is 13.9 Å². The van der Waals surface area contributed by atoms with Crippen LogP contribution in [0.5, 0.6) is 0 Å². The van der Waals surface area contributed by atoms with Crippen LogP contribution in [0, 0.1) is 5.82 Å². The number of benzene rings is 2.